The van der Waals surface area contributed by atoms with Gasteiger partial charge in [-0.3, -0.25) is 0 Å². The van der Waals surface area contributed by atoms with Gasteiger partial charge in [-0.2, -0.15) is 0 Å². The quantitative estimate of drug-likeness (QED) is 0.553. The Kier molecular flexibility index (Phi) is 2.20. The average Bonchev–Trinajstić information content (AvgIpc) is 1.96. The van der Waals surface area contributed by atoms with Gasteiger partial charge < -0.3 is 10.1 Å². The minimum atomic E-state index is 0.553. The zero-order chi connectivity index (χ0) is 7.56. The highest BCUT2D eigenvalue weighted by Crippen LogP contribution is 2.09. The average molecular weight is 141 g/mol. The molecule has 0 fully saturated rings. The topological polar surface area (TPSA) is 21.3 Å². The third kappa shape index (κ3) is 1.66. The number of hydrogen-bond acceptors (Lipinski definition) is 2. The van der Waals surface area contributed by atoms with Crippen LogP contribution in [0.2, 0.25) is 0 Å². The molecule has 1 aliphatic rings. The third-order valence-electron chi connectivity index (χ3n) is 1.86. The van der Waals surface area contributed by atoms with Crippen molar-refractivity contribution in [2.75, 3.05) is 6.61 Å². The van der Waals surface area contributed by atoms with Crippen LogP contribution in [-0.4, -0.2) is 12.6 Å². The first-order chi connectivity index (χ1) is 4.70. The van der Waals surface area contributed by atoms with Gasteiger partial charge in [0.15, 0.2) is 0 Å². The predicted molar refractivity (Wildman–Crippen MR) is 41.5 cm³/mol. The summed E-state index contributed by atoms with van der Waals surface area (Å²) < 4.78 is 5.40. The van der Waals surface area contributed by atoms with Crippen LogP contribution in [-0.2, 0) is 4.74 Å². The number of rotatable bonds is 0. The molecule has 2 nitrogen and oxygen atoms in total. The molecule has 0 spiro atoms. The first-order valence-corrected chi connectivity index (χ1v) is 3.77. The van der Waals surface area contributed by atoms with E-state index in [1.54, 1.807) is 0 Å². The number of ether oxygens (including phenoxy) is 1. The zero-order valence-electron chi connectivity index (χ0n) is 6.90. The van der Waals surface area contributed by atoms with E-state index in [0.29, 0.717) is 6.04 Å². The van der Waals surface area contributed by atoms with Gasteiger partial charge >= 0.3 is 0 Å². The molecule has 10 heavy (non-hydrogen) atoms. The molecule has 0 amide bonds. The van der Waals surface area contributed by atoms with E-state index in [1.807, 2.05) is 6.92 Å². The number of hydrogen-bond donors (Lipinski definition) is 1. The third-order valence-corrected chi connectivity index (χ3v) is 1.86. The van der Waals surface area contributed by atoms with Crippen LogP contribution in [0.15, 0.2) is 11.5 Å². The Morgan fingerprint density at radius 3 is 2.90 bits per heavy atom. The Bertz CT molecular complexity index is 151. The van der Waals surface area contributed by atoms with Crippen LogP contribution in [0.4, 0.5) is 0 Å². The first kappa shape index (κ1) is 7.45. The van der Waals surface area contributed by atoms with E-state index >= 15 is 0 Å². The van der Waals surface area contributed by atoms with Gasteiger partial charge in [-0.25, -0.2) is 0 Å². The second kappa shape index (κ2) is 2.95. The maximum absolute atomic E-state index is 5.40. The molecule has 1 unspecified atom stereocenters. The Balaban J connectivity index is 2.61. The van der Waals surface area contributed by atoms with Gasteiger partial charge in [-0.1, -0.05) is 0 Å². The van der Waals surface area contributed by atoms with Gasteiger partial charge in [0.1, 0.15) is 5.76 Å². The lowest BCUT2D eigenvalue weighted by Crippen LogP contribution is -2.23. The molecular formula is C8H15NO. The molecule has 0 radical (unpaired) electrons. The highest BCUT2D eigenvalue weighted by atomic mass is 16.5. The summed E-state index contributed by atoms with van der Waals surface area (Å²) in [6.07, 6.45) is 1.09. The Morgan fingerprint density at radius 1 is 1.50 bits per heavy atom. The highest BCUT2D eigenvalue weighted by molar-refractivity contribution is 5.03. The summed E-state index contributed by atoms with van der Waals surface area (Å²) in [7, 11) is 0. The Hall–Kier alpha value is -0.660. The lowest BCUT2D eigenvalue weighted by Gasteiger charge is -2.09. The molecule has 0 aromatic rings. The summed E-state index contributed by atoms with van der Waals surface area (Å²) in [6, 6.07) is 0.553. The van der Waals surface area contributed by atoms with Crippen molar-refractivity contribution in [1.82, 2.24) is 5.32 Å². The van der Waals surface area contributed by atoms with Crippen molar-refractivity contribution >= 4 is 0 Å². The van der Waals surface area contributed by atoms with E-state index < -0.39 is 0 Å². The van der Waals surface area contributed by atoms with Gasteiger partial charge in [0.2, 0.25) is 0 Å². The van der Waals surface area contributed by atoms with Crippen molar-refractivity contribution in [3.05, 3.63) is 11.5 Å². The van der Waals surface area contributed by atoms with Crippen LogP contribution in [0.1, 0.15) is 27.2 Å². The van der Waals surface area contributed by atoms with Gasteiger partial charge in [0.25, 0.3) is 0 Å². The van der Waals surface area contributed by atoms with E-state index in [9.17, 15) is 0 Å². The fourth-order valence-electron chi connectivity index (χ4n) is 1.04. The lowest BCUT2D eigenvalue weighted by atomic mass is 10.2. The van der Waals surface area contributed by atoms with Crippen molar-refractivity contribution in [2.24, 2.45) is 0 Å². The first-order valence-electron chi connectivity index (χ1n) is 3.77. The van der Waals surface area contributed by atoms with Crippen LogP contribution in [0.25, 0.3) is 0 Å². The second-order valence-corrected chi connectivity index (χ2v) is 2.86. The summed E-state index contributed by atoms with van der Waals surface area (Å²) in [5.74, 6) is 1.03. The molecule has 1 N–H and O–H groups in total. The minimum absolute atomic E-state index is 0.553. The standard InChI is InChI=1S/C8H15NO/c1-6-4-5-10-8(3)7(2)9-6/h6,9H,4-5H2,1-3H3. The lowest BCUT2D eigenvalue weighted by molar-refractivity contribution is 0.211. The number of allylic oxidation sites excluding steroid dienone is 2. The SMILES string of the molecule is CC1=C(C)OCCC(C)N1. The van der Waals surface area contributed by atoms with E-state index in [4.69, 9.17) is 4.74 Å². The van der Waals surface area contributed by atoms with Gasteiger partial charge in [0, 0.05) is 18.2 Å². The van der Waals surface area contributed by atoms with Crippen LogP contribution >= 0.6 is 0 Å². The Labute approximate surface area is 62.3 Å². The molecule has 1 rings (SSSR count). The van der Waals surface area contributed by atoms with E-state index in [-0.39, 0.29) is 0 Å². The molecule has 2 heteroatoms. The summed E-state index contributed by atoms with van der Waals surface area (Å²) >= 11 is 0. The fourth-order valence-corrected chi connectivity index (χ4v) is 1.04. The van der Waals surface area contributed by atoms with Crippen LogP contribution in [0.5, 0.6) is 0 Å². The number of nitrogens with one attached hydrogen (secondary N) is 1. The summed E-state index contributed by atoms with van der Waals surface area (Å²) in [4.78, 5) is 0. The molecule has 1 heterocycles. The monoisotopic (exact) mass is 141 g/mol. The van der Waals surface area contributed by atoms with Crippen molar-refractivity contribution in [2.45, 2.75) is 33.2 Å². The van der Waals surface area contributed by atoms with Crippen LogP contribution in [0.3, 0.4) is 0 Å². The molecule has 0 bridgehead atoms. The second-order valence-electron chi connectivity index (χ2n) is 2.86. The minimum Gasteiger partial charge on any atom is -0.496 e. The normalized spacial score (nSPS) is 26.9. The van der Waals surface area contributed by atoms with Crippen molar-refractivity contribution in [3.63, 3.8) is 0 Å². The van der Waals surface area contributed by atoms with Crippen LogP contribution in [0, 0.1) is 0 Å². The van der Waals surface area contributed by atoms with E-state index in [1.165, 1.54) is 5.70 Å². The van der Waals surface area contributed by atoms with Crippen molar-refractivity contribution in [1.29, 1.82) is 0 Å². The summed E-state index contributed by atoms with van der Waals surface area (Å²) in [5, 5.41) is 3.35. The van der Waals surface area contributed by atoms with Crippen molar-refractivity contribution in [3.8, 4) is 0 Å². The van der Waals surface area contributed by atoms with E-state index in [0.717, 1.165) is 18.8 Å². The highest BCUT2D eigenvalue weighted by Gasteiger charge is 2.08. The predicted octanol–water partition coefficient (Wildman–Crippen LogP) is 1.64. The van der Waals surface area contributed by atoms with Crippen molar-refractivity contribution < 1.29 is 4.74 Å². The molecule has 0 aromatic heterocycles. The molecule has 1 aliphatic heterocycles. The smallest absolute Gasteiger partial charge is 0.111 e. The zero-order valence-corrected chi connectivity index (χ0v) is 6.90. The van der Waals surface area contributed by atoms with Crippen LogP contribution < -0.4 is 5.32 Å². The van der Waals surface area contributed by atoms with Gasteiger partial charge in [-0.15, -0.1) is 0 Å². The Morgan fingerprint density at radius 2 is 2.20 bits per heavy atom. The maximum Gasteiger partial charge on any atom is 0.111 e. The molecule has 0 saturated carbocycles. The molecule has 0 saturated heterocycles. The molecule has 1 atom stereocenters. The summed E-state index contributed by atoms with van der Waals surface area (Å²) in [6.45, 7) is 7.07. The molecule has 58 valence electrons. The molecule has 0 aliphatic carbocycles. The molecule has 0 aromatic carbocycles. The molecular weight excluding hydrogens is 126 g/mol. The maximum atomic E-state index is 5.40. The van der Waals surface area contributed by atoms with Gasteiger partial charge in [-0.05, 0) is 20.8 Å². The van der Waals surface area contributed by atoms with E-state index in [2.05, 4.69) is 19.2 Å². The largest absolute Gasteiger partial charge is 0.496 e. The summed E-state index contributed by atoms with van der Waals surface area (Å²) in [5.41, 5.74) is 1.17. The van der Waals surface area contributed by atoms with Gasteiger partial charge in [0.05, 0.1) is 6.61 Å². The fraction of sp³-hybridized carbons (Fsp3) is 0.750.